The van der Waals surface area contributed by atoms with Crippen molar-refractivity contribution in [2.75, 3.05) is 0 Å². The molecule has 0 aliphatic heterocycles. The minimum absolute atomic E-state index is 0.611. The maximum Gasteiger partial charge on any atom is 0.172 e. The first kappa shape index (κ1) is 34.6. The summed E-state index contributed by atoms with van der Waals surface area (Å²) in [5.41, 5.74) is 12.5. The van der Waals surface area contributed by atoms with E-state index in [1.54, 1.807) is 11.3 Å². The third kappa shape index (κ3) is 6.89. The molecule has 0 fully saturated rings. The number of allylic oxidation sites excluding steroid dienone is 3. The van der Waals surface area contributed by atoms with Gasteiger partial charge >= 0.3 is 0 Å². The van der Waals surface area contributed by atoms with Crippen LogP contribution in [0.3, 0.4) is 0 Å². The number of nitrogens with zero attached hydrogens (tertiary/aromatic N) is 5. The van der Waals surface area contributed by atoms with Gasteiger partial charge in [0, 0.05) is 33.6 Å². The number of rotatable bonds is 10. The van der Waals surface area contributed by atoms with Crippen LogP contribution in [0.5, 0.6) is 0 Å². The van der Waals surface area contributed by atoms with Crippen molar-refractivity contribution in [2.45, 2.75) is 20.7 Å². The Kier molecular flexibility index (Phi) is 9.80. The predicted octanol–water partition coefficient (Wildman–Crippen LogP) is 11.4. The van der Waals surface area contributed by atoms with Gasteiger partial charge in [0.1, 0.15) is 5.01 Å². The van der Waals surface area contributed by atoms with Gasteiger partial charge in [0.05, 0.1) is 10.2 Å². The molecule has 0 bridgehead atoms. The molecule has 3 aromatic heterocycles. The predicted molar refractivity (Wildman–Crippen MR) is 229 cm³/mol. The highest BCUT2D eigenvalue weighted by molar-refractivity contribution is 7.21. The van der Waals surface area contributed by atoms with Crippen LogP contribution in [-0.2, 0) is 0 Å². The lowest BCUT2D eigenvalue weighted by atomic mass is 9.75. The van der Waals surface area contributed by atoms with Crippen LogP contribution in [-0.4, -0.2) is 31.8 Å². The zero-order chi connectivity index (χ0) is 37.0. The fourth-order valence-electron chi connectivity index (χ4n) is 6.72. The number of aromatic nitrogens is 5. The van der Waals surface area contributed by atoms with Gasteiger partial charge in [-0.05, 0) is 78.1 Å². The Morgan fingerprint density at radius 3 is 1.91 bits per heavy atom. The molecule has 7 heteroatoms. The molecule has 0 unspecified atom stereocenters. The van der Waals surface area contributed by atoms with Crippen molar-refractivity contribution in [2.24, 2.45) is 0 Å². The second-order valence-electron chi connectivity index (χ2n) is 12.9. The zero-order valence-corrected chi connectivity index (χ0v) is 31.3. The average Bonchev–Trinajstić information content (AvgIpc) is 3.78. The molecule has 0 spiro atoms. The minimum Gasteiger partial charge on any atom is -0.323 e. The monoisotopic (exact) mass is 714 g/mol. The number of hydrogen-bond acceptors (Lipinski definition) is 5. The molecular weight excluding hydrogens is 677 g/mol. The van der Waals surface area contributed by atoms with Crippen LogP contribution in [0.1, 0.15) is 29.3 Å². The van der Waals surface area contributed by atoms with Crippen molar-refractivity contribution < 1.29 is 0 Å². The molecule has 0 saturated heterocycles. The number of benzene rings is 5. The Hall–Kier alpha value is -6.44. The van der Waals surface area contributed by atoms with Crippen LogP contribution in [0.2, 0.25) is 6.82 Å². The quantitative estimate of drug-likeness (QED) is 0.105. The summed E-state index contributed by atoms with van der Waals surface area (Å²) in [5, 5.41) is 0.948. The first-order valence-electron chi connectivity index (χ1n) is 18.0. The fraction of sp³-hybridized carbons (Fsp3) is 0.0638. The molecule has 0 aliphatic rings. The standard InChI is InChI=1S/C47H37BN5S/c1-5-16-39-32(3)41(27-25-31(2)33-17-9-6-10-18-33)53(43(39)48-4)38-24-15-23-37(29-38)47-49-40-30-36(26-28-42(40)54-47)46-51-44(34-19-11-7-12-20-34)50-45(52-46)35-21-13-8-14-22-35/h5-30H,2H2,1,3-4H3/b16-5-,27-25-. The molecular formula is C47H37BN5S. The summed E-state index contributed by atoms with van der Waals surface area (Å²) < 4.78 is 3.43. The molecule has 259 valence electrons. The van der Waals surface area contributed by atoms with Crippen LogP contribution in [0.25, 0.3) is 78.4 Å². The number of thiazole rings is 1. The van der Waals surface area contributed by atoms with Crippen LogP contribution >= 0.6 is 11.3 Å². The summed E-state index contributed by atoms with van der Waals surface area (Å²) >= 11 is 1.68. The second kappa shape index (κ2) is 15.3. The Bertz CT molecular complexity index is 2620. The van der Waals surface area contributed by atoms with Gasteiger partial charge in [-0.2, -0.15) is 0 Å². The van der Waals surface area contributed by atoms with Crippen LogP contribution in [0.15, 0.2) is 152 Å². The summed E-state index contributed by atoms with van der Waals surface area (Å²) in [6, 6.07) is 45.3. The van der Waals surface area contributed by atoms with Crippen molar-refractivity contribution in [3.05, 3.63) is 175 Å². The van der Waals surface area contributed by atoms with E-state index in [2.05, 4.69) is 118 Å². The van der Waals surface area contributed by atoms with Gasteiger partial charge in [0.25, 0.3) is 0 Å². The van der Waals surface area contributed by atoms with E-state index in [1.165, 1.54) is 11.1 Å². The van der Waals surface area contributed by atoms with Crippen molar-refractivity contribution in [1.82, 2.24) is 24.5 Å². The van der Waals surface area contributed by atoms with E-state index in [4.69, 9.17) is 19.9 Å². The van der Waals surface area contributed by atoms with Crippen molar-refractivity contribution in [1.29, 1.82) is 0 Å². The van der Waals surface area contributed by atoms with Gasteiger partial charge in [-0.15, -0.1) is 11.3 Å². The Morgan fingerprint density at radius 2 is 1.28 bits per heavy atom. The fourth-order valence-corrected chi connectivity index (χ4v) is 7.66. The highest BCUT2D eigenvalue weighted by Crippen LogP contribution is 2.35. The number of hydrogen-bond donors (Lipinski definition) is 0. The molecule has 1 radical (unpaired) electrons. The first-order valence-corrected chi connectivity index (χ1v) is 18.8. The average molecular weight is 715 g/mol. The first-order chi connectivity index (χ1) is 26.5. The molecule has 0 atom stereocenters. The van der Waals surface area contributed by atoms with Crippen molar-refractivity contribution in [3.63, 3.8) is 0 Å². The van der Waals surface area contributed by atoms with Crippen molar-refractivity contribution >= 4 is 52.2 Å². The molecule has 0 saturated carbocycles. The Balaban J connectivity index is 1.18. The van der Waals surface area contributed by atoms with E-state index in [0.29, 0.717) is 17.5 Å². The third-order valence-electron chi connectivity index (χ3n) is 9.44. The highest BCUT2D eigenvalue weighted by Gasteiger charge is 2.19. The molecule has 0 amide bonds. The molecule has 0 aliphatic carbocycles. The largest absolute Gasteiger partial charge is 0.323 e. The smallest absolute Gasteiger partial charge is 0.172 e. The number of fused-ring (bicyclic) bond motifs is 1. The van der Waals surface area contributed by atoms with E-state index in [1.807, 2.05) is 78.9 Å². The van der Waals surface area contributed by atoms with E-state index in [-0.39, 0.29) is 0 Å². The van der Waals surface area contributed by atoms with Gasteiger partial charge in [0.15, 0.2) is 24.8 Å². The van der Waals surface area contributed by atoms with E-state index >= 15 is 0 Å². The lowest BCUT2D eigenvalue weighted by Gasteiger charge is -2.13. The van der Waals surface area contributed by atoms with Gasteiger partial charge in [0.2, 0.25) is 0 Å². The van der Waals surface area contributed by atoms with Crippen LogP contribution < -0.4 is 5.59 Å². The summed E-state index contributed by atoms with van der Waals surface area (Å²) in [6.45, 7) is 10.7. The topological polar surface area (TPSA) is 56.5 Å². The lowest BCUT2D eigenvalue weighted by Crippen LogP contribution is -2.24. The summed E-state index contributed by atoms with van der Waals surface area (Å²) in [7, 11) is 2.19. The second-order valence-corrected chi connectivity index (χ2v) is 14.0. The third-order valence-corrected chi connectivity index (χ3v) is 10.5. The van der Waals surface area contributed by atoms with Gasteiger partial charge in [-0.3, -0.25) is 0 Å². The molecule has 0 N–H and O–H groups in total. The maximum atomic E-state index is 5.17. The zero-order valence-electron chi connectivity index (χ0n) is 30.4. The summed E-state index contributed by atoms with van der Waals surface area (Å²) in [4.78, 5) is 19.9. The highest BCUT2D eigenvalue weighted by atomic mass is 32.1. The maximum absolute atomic E-state index is 5.17. The molecule has 54 heavy (non-hydrogen) atoms. The van der Waals surface area contributed by atoms with E-state index in [9.17, 15) is 0 Å². The normalized spacial score (nSPS) is 11.5. The molecule has 3 heterocycles. The minimum atomic E-state index is 0.611. The van der Waals surface area contributed by atoms with Crippen molar-refractivity contribution in [3.8, 4) is 50.4 Å². The van der Waals surface area contributed by atoms with Gasteiger partial charge < -0.3 is 4.57 Å². The Labute approximate surface area is 321 Å². The molecule has 8 aromatic rings. The molecule has 5 nitrogen and oxygen atoms in total. The summed E-state index contributed by atoms with van der Waals surface area (Å²) in [6.07, 6.45) is 8.59. The van der Waals surface area contributed by atoms with Gasteiger partial charge in [-0.1, -0.05) is 135 Å². The van der Waals surface area contributed by atoms with Crippen LogP contribution in [0, 0.1) is 6.92 Å². The lowest BCUT2D eigenvalue weighted by molar-refractivity contribution is 1.07. The molecule has 5 aromatic carbocycles. The van der Waals surface area contributed by atoms with Gasteiger partial charge in [-0.25, -0.2) is 19.9 Å². The Morgan fingerprint density at radius 1 is 0.667 bits per heavy atom. The SMILES string of the molecule is C=C(/C=C\c1c(C)c(/C=C\C)c([B]C)n1-c1cccc(-c2nc3cc(-c4nc(-c5ccccc5)nc(-c5ccccc5)n4)ccc3s2)c1)c1ccccc1. The van der Waals surface area contributed by atoms with E-state index < -0.39 is 0 Å². The molecule has 8 rings (SSSR count). The van der Waals surface area contributed by atoms with E-state index in [0.717, 1.165) is 65.6 Å². The van der Waals surface area contributed by atoms with Crippen LogP contribution in [0.4, 0.5) is 0 Å². The summed E-state index contributed by atoms with van der Waals surface area (Å²) in [5.74, 6) is 1.88.